The van der Waals surface area contributed by atoms with Crippen molar-refractivity contribution in [2.24, 2.45) is 5.92 Å². The van der Waals surface area contributed by atoms with Gasteiger partial charge in [-0.25, -0.2) is 4.79 Å². The SMILES string of the molecule is O=C1C(=O)N(C2CCCCC2)C2C(=O)OCC12. The average molecular weight is 237 g/mol. The van der Waals surface area contributed by atoms with E-state index in [2.05, 4.69) is 0 Å². The zero-order valence-electron chi connectivity index (χ0n) is 9.55. The van der Waals surface area contributed by atoms with Crippen LogP contribution in [0.3, 0.4) is 0 Å². The van der Waals surface area contributed by atoms with E-state index >= 15 is 0 Å². The Morgan fingerprint density at radius 3 is 2.47 bits per heavy atom. The molecule has 5 nitrogen and oxygen atoms in total. The van der Waals surface area contributed by atoms with E-state index in [4.69, 9.17) is 4.74 Å². The second-order valence-corrected chi connectivity index (χ2v) is 5.05. The first kappa shape index (κ1) is 10.7. The Bertz CT molecular complexity index is 386. The molecule has 0 aromatic carbocycles. The molecule has 1 amide bonds. The Morgan fingerprint density at radius 1 is 1.06 bits per heavy atom. The summed E-state index contributed by atoms with van der Waals surface area (Å²) in [6, 6.07) is -0.570. The number of amides is 1. The molecule has 1 saturated carbocycles. The van der Waals surface area contributed by atoms with Gasteiger partial charge in [0.2, 0.25) is 5.78 Å². The lowest BCUT2D eigenvalue weighted by Gasteiger charge is -2.33. The summed E-state index contributed by atoms with van der Waals surface area (Å²) < 4.78 is 4.91. The molecular formula is C12H15NO4. The van der Waals surface area contributed by atoms with Crippen LogP contribution in [-0.2, 0) is 19.1 Å². The minimum atomic E-state index is -0.627. The Balaban J connectivity index is 1.88. The quantitative estimate of drug-likeness (QED) is 0.485. The number of nitrogens with zero attached hydrogens (tertiary/aromatic N) is 1. The van der Waals surface area contributed by atoms with Gasteiger partial charge in [-0.05, 0) is 12.8 Å². The summed E-state index contributed by atoms with van der Waals surface area (Å²) in [6.07, 6.45) is 5.10. The number of rotatable bonds is 1. The summed E-state index contributed by atoms with van der Waals surface area (Å²) >= 11 is 0. The second-order valence-electron chi connectivity index (χ2n) is 5.05. The normalized spacial score (nSPS) is 34.1. The first-order valence-corrected chi connectivity index (χ1v) is 6.23. The van der Waals surface area contributed by atoms with E-state index in [1.165, 1.54) is 11.3 Å². The zero-order chi connectivity index (χ0) is 12.0. The molecule has 0 spiro atoms. The molecule has 3 rings (SSSR count). The lowest BCUT2D eigenvalue weighted by atomic mass is 9.93. The van der Waals surface area contributed by atoms with E-state index in [9.17, 15) is 14.4 Å². The van der Waals surface area contributed by atoms with Crippen molar-refractivity contribution in [1.29, 1.82) is 0 Å². The van der Waals surface area contributed by atoms with Gasteiger partial charge in [-0.1, -0.05) is 19.3 Å². The number of carbonyl (C=O) groups is 3. The molecule has 5 heteroatoms. The Morgan fingerprint density at radius 2 is 1.76 bits per heavy atom. The maximum absolute atomic E-state index is 11.9. The standard InChI is InChI=1S/C12H15NO4/c14-10-8-6-17-12(16)9(8)13(11(10)15)7-4-2-1-3-5-7/h7-9H,1-6H2. The number of carbonyl (C=O) groups excluding carboxylic acids is 3. The molecule has 0 N–H and O–H groups in total. The van der Waals surface area contributed by atoms with E-state index in [-0.39, 0.29) is 12.6 Å². The third-order valence-electron chi connectivity index (χ3n) is 4.08. The summed E-state index contributed by atoms with van der Waals surface area (Å²) in [5.41, 5.74) is 0. The van der Waals surface area contributed by atoms with Crippen molar-refractivity contribution in [1.82, 2.24) is 4.90 Å². The summed E-state index contributed by atoms with van der Waals surface area (Å²) in [5, 5.41) is 0. The fourth-order valence-electron chi connectivity index (χ4n) is 3.20. The van der Waals surface area contributed by atoms with Gasteiger partial charge in [0.25, 0.3) is 5.91 Å². The molecule has 2 aliphatic heterocycles. The van der Waals surface area contributed by atoms with E-state index in [0.717, 1.165) is 25.7 Å². The number of fused-ring (bicyclic) bond motifs is 1. The molecule has 0 bridgehead atoms. The molecular weight excluding hydrogens is 222 g/mol. The van der Waals surface area contributed by atoms with Crippen LogP contribution in [-0.4, -0.2) is 41.3 Å². The first-order chi connectivity index (χ1) is 8.20. The lowest BCUT2D eigenvalue weighted by molar-refractivity contribution is -0.150. The number of likely N-dealkylation sites (tertiary alicyclic amines) is 1. The van der Waals surface area contributed by atoms with E-state index < -0.39 is 29.6 Å². The van der Waals surface area contributed by atoms with Gasteiger partial charge in [0, 0.05) is 6.04 Å². The first-order valence-electron chi connectivity index (χ1n) is 6.23. The van der Waals surface area contributed by atoms with Crippen molar-refractivity contribution in [3.63, 3.8) is 0 Å². The fraction of sp³-hybridized carbons (Fsp3) is 0.750. The highest BCUT2D eigenvalue weighted by molar-refractivity contribution is 6.40. The molecule has 0 radical (unpaired) electrons. The van der Waals surface area contributed by atoms with Crippen LogP contribution < -0.4 is 0 Å². The third kappa shape index (κ3) is 1.48. The second kappa shape index (κ2) is 3.82. The third-order valence-corrected chi connectivity index (χ3v) is 4.08. The number of ether oxygens (including phenoxy) is 1. The molecule has 0 aromatic rings. The van der Waals surface area contributed by atoms with Crippen LogP contribution in [0.1, 0.15) is 32.1 Å². The van der Waals surface area contributed by atoms with Gasteiger partial charge < -0.3 is 9.64 Å². The van der Waals surface area contributed by atoms with Gasteiger partial charge in [-0.3, -0.25) is 9.59 Å². The molecule has 2 atom stereocenters. The minimum absolute atomic E-state index is 0.0563. The van der Waals surface area contributed by atoms with Gasteiger partial charge in [0.1, 0.15) is 12.6 Å². The van der Waals surface area contributed by atoms with Crippen molar-refractivity contribution in [3.8, 4) is 0 Å². The highest BCUT2D eigenvalue weighted by atomic mass is 16.5. The smallest absolute Gasteiger partial charge is 0.329 e. The number of cyclic esters (lactones) is 1. The van der Waals surface area contributed by atoms with Crippen LogP contribution >= 0.6 is 0 Å². The van der Waals surface area contributed by atoms with Gasteiger partial charge >= 0.3 is 5.97 Å². The maximum Gasteiger partial charge on any atom is 0.329 e. The molecule has 1 aliphatic carbocycles. The molecule has 2 heterocycles. The van der Waals surface area contributed by atoms with Gasteiger partial charge in [0.05, 0.1) is 5.92 Å². The maximum atomic E-state index is 11.9. The van der Waals surface area contributed by atoms with Crippen LogP contribution in [0.4, 0.5) is 0 Å². The van der Waals surface area contributed by atoms with Crippen molar-refractivity contribution in [2.75, 3.05) is 6.61 Å². The van der Waals surface area contributed by atoms with E-state index in [1.54, 1.807) is 0 Å². The molecule has 0 aromatic heterocycles. The highest BCUT2D eigenvalue weighted by Gasteiger charge is 2.57. The van der Waals surface area contributed by atoms with Crippen molar-refractivity contribution in [2.45, 2.75) is 44.2 Å². The minimum Gasteiger partial charge on any atom is -0.463 e. The largest absolute Gasteiger partial charge is 0.463 e. The van der Waals surface area contributed by atoms with E-state index in [0.29, 0.717) is 0 Å². The average Bonchev–Trinajstić information content (AvgIpc) is 2.83. The van der Waals surface area contributed by atoms with E-state index in [1.807, 2.05) is 0 Å². The van der Waals surface area contributed by atoms with Gasteiger partial charge in [0.15, 0.2) is 0 Å². The van der Waals surface area contributed by atoms with Gasteiger partial charge in [-0.2, -0.15) is 0 Å². The molecule has 2 saturated heterocycles. The summed E-state index contributed by atoms with van der Waals surface area (Å²) in [7, 11) is 0. The highest BCUT2D eigenvalue weighted by Crippen LogP contribution is 2.35. The topological polar surface area (TPSA) is 63.7 Å². The van der Waals surface area contributed by atoms with Crippen LogP contribution in [0.2, 0.25) is 0 Å². The Hall–Kier alpha value is -1.39. The molecule has 92 valence electrons. The van der Waals surface area contributed by atoms with Crippen LogP contribution in [0.15, 0.2) is 0 Å². The molecule has 2 unspecified atom stereocenters. The van der Waals surface area contributed by atoms with Crippen LogP contribution in [0.5, 0.6) is 0 Å². The molecule has 3 aliphatic rings. The number of hydrogen-bond acceptors (Lipinski definition) is 4. The number of hydrogen-bond donors (Lipinski definition) is 0. The molecule has 3 fully saturated rings. The predicted molar refractivity (Wildman–Crippen MR) is 57.0 cm³/mol. The van der Waals surface area contributed by atoms with Gasteiger partial charge in [-0.15, -0.1) is 0 Å². The van der Waals surface area contributed by atoms with Crippen molar-refractivity contribution >= 4 is 17.7 Å². The summed E-state index contributed by atoms with van der Waals surface area (Å²) in [5.74, 6) is -1.85. The summed E-state index contributed by atoms with van der Waals surface area (Å²) in [4.78, 5) is 36.8. The van der Waals surface area contributed by atoms with Crippen LogP contribution in [0, 0.1) is 5.92 Å². The number of ketones is 1. The molecule has 17 heavy (non-hydrogen) atoms. The van der Waals surface area contributed by atoms with Crippen LogP contribution in [0.25, 0.3) is 0 Å². The predicted octanol–water partition coefficient (Wildman–Crippen LogP) is 0.272. The monoisotopic (exact) mass is 237 g/mol. The lowest BCUT2D eigenvalue weighted by Crippen LogP contribution is -2.46. The van der Waals surface area contributed by atoms with Crippen molar-refractivity contribution < 1.29 is 19.1 Å². The van der Waals surface area contributed by atoms with Crippen molar-refractivity contribution in [3.05, 3.63) is 0 Å². The summed E-state index contributed by atoms with van der Waals surface area (Å²) in [6.45, 7) is 0.0806. The number of Topliss-reactive ketones (excluding diaryl/α,β-unsaturated/α-hetero) is 1. The Labute approximate surface area is 99.1 Å². The Kier molecular flexibility index (Phi) is 2.42. The fourth-order valence-corrected chi connectivity index (χ4v) is 3.20. The number of esters is 1. The zero-order valence-corrected chi connectivity index (χ0v) is 9.55.